The fraction of sp³-hybridized carbons (Fsp3) is 0.500. The number of hydrogen-bond donors (Lipinski definition) is 0. The van der Waals surface area contributed by atoms with Gasteiger partial charge in [-0.05, 0) is 97.1 Å². The molecule has 31 heavy (non-hydrogen) atoms. The van der Waals surface area contributed by atoms with Crippen molar-refractivity contribution in [3.8, 4) is 0 Å². The number of aromatic nitrogens is 2. The number of rotatable bonds is 8. The first-order valence-electron chi connectivity index (χ1n) is 11.8. The highest BCUT2D eigenvalue weighted by Gasteiger charge is 2.27. The van der Waals surface area contributed by atoms with Crippen LogP contribution in [-0.4, -0.2) is 9.97 Å². The summed E-state index contributed by atoms with van der Waals surface area (Å²) in [6, 6.07) is 9.76. The van der Waals surface area contributed by atoms with Crippen LogP contribution in [0.15, 0.2) is 36.8 Å². The van der Waals surface area contributed by atoms with Crippen molar-refractivity contribution in [2.24, 2.45) is 0 Å². The van der Waals surface area contributed by atoms with Crippen LogP contribution in [0.2, 0.25) is 0 Å². The van der Waals surface area contributed by atoms with Gasteiger partial charge in [0.2, 0.25) is 0 Å². The molecule has 2 nitrogen and oxygen atoms in total. The van der Waals surface area contributed by atoms with Crippen molar-refractivity contribution < 1.29 is 0 Å². The van der Waals surface area contributed by atoms with Crippen LogP contribution < -0.4 is 0 Å². The van der Waals surface area contributed by atoms with E-state index in [4.69, 9.17) is 0 Å². The van der Waals surface area contributed by atoms with Crippen LogP contribution in [0.3, 0.4) is 0 Å². The van der Waals surface area contributed by atoms with E-state index in [1.54, 1.807) is 17.5 Å². The third-order valence-electron chi connectivity index (χ3n) is 6.86. The first-order chi connectivity index (χ1) is 14.8. The molecule has 0 aliphatic heterocycles. The Morgan fingerprint density at radius 3 is 2.35 bits per heavy atom. The molecule has 0 N–H and O–H groups in total. The topological polar surface area (TPSA) is 25.8 Å². The maximum atomic E-state index is 4.37. The maximum Gasteiger partial charge on any atom is 0.115 e. The molecule has 2 aromatic heterocycles. The second kappa shape index (κ2) is 9.24. The van der Waals surface area contributed by atoms with Crippen molar-refractivity contribution in [2.75, 3.05) is 0 Å². The zero-order valence-corrected chi connectivity index (χ0v) is 20.7. The summed E-state index contributed by atoms with van der Waals surface area (Å²) >= 11 is 1.97. The van der Waals surface area contributed by atoms with Crippen LogP contribution in [0.5, 0.6) is 0 Å². The van der Waals surface area contributed by atoms with E-state index in [1.165, 1.54) is 39.3 Å². The highest BCUT2D eigenvalue weighted by molar-refractivity contribution is 7.12. The van der Waals surface area contributed by atoms with E-state index in [2.05, 4.69) is 75.8 Å². The number of thiophene rings is 1. The van der Waals surface area contributed by atoms with Gasteiger partial charge in [-0.3, -0.25) is 0 Å². The van der Waals surface area contributed by atoms with Gasteiger partial charge in [-0.15, -0.1) is 11.3 Å². The summed E-state index contributed by atoms with van der Waals surface area (Å²) in [5.74, 6) is 2.41. The molecule has 1 saturated carbocycles. The quantitative estimate of drug-likeness (QED) is 0.362. The predicted octanol–water partition coefficient (Wildman–Crippen LogP) is 7.85. The largest absolute Gasteiger partial charge is 0.245 e. The summed E-state index contributed by atoms with van der Waals surface area (Å²) in [5.41, 5.74) is 8.56. The molecular formula is C28H36N2S. The van der Waals surface area contributed by atoms with Crippen LogP contribution in [0.1, 0.15) is 107 Å². The van der Waals surface area contributed by atoms with Crippen molar-refractivity contribution in [1.29, 1.82) is 0 Å². The Balaban J connectivity index is 1.48. The third-order valence-corrected chi connectivity index (χ3v) is 7.95. The van der Waals surface area contributed by atoms with E-state index in [0.29, 0.717) is 17.8 Å². The van der Waals surface area contributed by atoms with Gasteiger partial charge < -0.3 is 0 Å². The minimum absolute atomic E-state index is 0.437. The van der Waals surface area contributed by atoms with E-state index >= 15 is 0 Å². The highest BCUT2D eigenvalue weighted by Crippen LogP contribution is 2.44. The van der Waals surface area contributed by atoms with Gasteiger partial charge in [-0.1, -0.05) is 45.9 Å². The van der Waals surface area contributed by atoms with Gasteiger partial charge in [-0.25, -0.2) is 9.97 Å². The van der Waals surface area contributed by atoms with Gasteiger partial charge in [-0.2, -0.15) is 0 Å². The molecule has 0 amide bonds. The van der Waals surface area contributed by atoms with Gasteiger partial charge in [0.25, 0.3) is 0 Å². The molecule has 164 valence electrons. The molecule has 3 aromatic rings. The van der Waals surface area contributed by atoms with E-state index < -0.39 is 0 Å². The average Bonchev–Trinajstić information content (AvgIpc) is 3.51. The van der Waals surface area contributed by atoms with Crippen LogP contribution in [-0.2, 0) is 12.8 Å². The lowest BCUT2D eigenvalue weighted by atomic mass is 9.88. The summed E-state index contributed by atoms with van der Waals surface area (Å²) in [6.45, 7) is 13.7. The fourth-order valence-electron chi connectivity index (χ4n) is 4.94. The van der Waals surface area contributed by atoms with Crippen molar-refractivity contribution >= 4 is 11.3 Å². The van der Waals surface area contributed by atoms with E-state index in [1.807, 2.05) is 17.5 Å². The molecule has 1 aliphatic carbocycles. The minimum atomic E-state index is 0.437. The Labute approximate surface area is 192 Å². The molecule has 1 aromatic carbocycles. The van der Waals surface area contributed by atoms with E-state index in [9.17, 15) is 0 Å². The molecule has 4 rings (SSSR count). The van der Waals surface area contributed by atoms with Gasteiger partial charge in [0, 0.05) is 21.6 Å². The second-order valence-corrected chi connectivity index (χ2v) is 11.2. The molecule has 2 atom stereocenters. The zero-order chi connectivity index (χ0) is 22.1. The predicted molar refractivity (Wildman–Crippen MR) is 133 cm³/mol. The summed E-state index contributed by atoms with van der Waals surface area (Å²) in [4.78, 5) is 11.6. The molecule has 0 saturated heterocycles. The highest BCUT2D eigenvalue weighted by atomic mass is 32.1. The molecular weight excluding hydrogens is 396 g/mol. The lowest BCUT2D eigenvalue weighted by molar-refractivity contribution is 0.737. The van der Waals surface area contributed by atoms with Gasteiger partial charge in [0.05, 0.1) is 0 Å². The van der Waals surface area contributed by atoms with E-state index in [-0.39, 0.29) is 0 Å². The molecule has 1 aliphatic rings. The second-order valence-electron chi connectivity index (χ2n) is 9.89. The Bertz CT molecular complexity index is 1040. The third kappa shape index (κ3) is 5.09. The molecule has 2 heterocycles. The standard InChI is InChI=1S/C28H36N2S/c1-17(2)25-10-7-22(13-27(25)23-8-9-23)11-18(3)26-14-24(31-21(26)6)12-19(4)28-15-29-16-30-20(28)5/h7,10,13-19,23H,8-9,11-12H2,1-6H3. The summed E-state index contributed by atoms with van der Waals surface area (Å²) < 4.78 is 0. The number of hydrogen-bond acceptors (Lipinski definition) is 3. The smallest absolute Gasteiger partial charge is 0.115 e. The molecule has 0 spiro atoms. The Morgan fingerprint density at radius 2 is 1.68 bits per heavy atom. The summed E-state index contributed by atoms with van der Waals surface area (Å²) in [6.07, 6.45) is 8.54. The lowest BCUT2D eigenvalue weighted by Gasteiger charge is -2.17. The Hall–Kier alpha value is -2.00. The van der Waals surface area contributed by atoms with E-state index in [0.717, 1.165) is 24.5 Å². The molecule has 0 bridgehead atoms. The Morgan fingerprint density at radius 1 is 0.935 bits per heavy atom. The minimum Gasteiger partial charge on any atom is -0.245 e. The van der Waals surface area contributed by atoms with Gasteiger partial charge in [0.1, 0.15) is 6.33 Å². The van der Waals surface area contributed by atoms with Crippen LogP contribution in [0.25, 0.3) is 0 Å². The lowest BCUT2D eigenvalue weighted by Crippen LogP contribution is -2.03. The van der Waals surface area contributed by atoms with Crippen molar-refractivity contribution in [1.82, 2.24) is 9.97 Å². The first-order valence-corrected chi connectivity index (χ1v) is 12.6. The first kappa shape index (κ1) is 22.2. The number of aryl methyl sites for hydroxylation is 2. The SMILES string of the molecule is Cc1ncncc1C(C)Cc1cc(C(C)Cc2ccc(C(C)C)c(C3CC3)c2)c(C)s1. The van der Waals surface area contributed by atoms with Crippen LogP contribution in [0, 0.1) is 13.8 Å². The maximum absolute atomic E-state index is 4.37. The van der Waals surface area contributed by atoms with Crippen molar-refractivity contribution in [3.63, 3.8) is 0 Å². The molecule has 0 radical (unpaired) electrons. The van der Waals surface area contributed by atoms with Crippen LogP contribution in [0.4, 0.5) is 0 Å². The normalized spacial score (nSPS) is 16.0. The summed E-state index contributed by atoms with van der Waals surface area (Å²) in [7, 11) is 0. The Kier molecular flexibility index (Phi) is 6.62. The van der Waals surface area contributed by atoms with Gasteiger partial charge in [0.15, 0.2) is 0 Å². The van der Waals surface area contributed by atoms with Crippen LogP contribution >= 0.6 is 11.3 Å². The zero-order valence-electron chi connectivity index (χ0n) is 19.9. The summed E-state index contributed by atoms with van der Waals surface area (Å²) in [5, 5.41) is 0. The molecule has 1 fully saturated rings. The van der Waals surface area contributed by atoms with Gasteiger partial charge >= 0.3 is 0 Å². The molecule has 3 heteroatoms. The van der Waals surface area contributed by atoms with Crippen molar-refractivity contribution in [2.45, 2.75) is 90.9 Å². The monoisotopic (exact) mass is 432 g/mol. The average molecular weight is 433 g/mol. The van der Waals surface area contributed by atoms with Crippen molar-refractivity contribution in [3.05, 3.63) is 80.1 Å². The number of nitrogens with zero attached hydrogens (tertiary/aromatic N) is 2. The number of benzene rings is 1. The fourth-order valence-corrected chi connectivity index (χ4v) is 6.23. The molecule has 2 unspecified atom stereocenters.